The first-order chi connectivity index (χ1) is 11.1. The van der Waals surface area contributed by atoms with E-state index in [4.69, 9.17) is 0 Å². The largest absolute Gasteiger partial charge is 0.428 e. The molecule has 23 heavy (non-hydrogen) atoms. The van der Waals surface area contributed by atoms with Gasteiger partial charge in [0.15, 0.2) is 6.73 Å². The zero-order valence-corrected chi connectivity index (χ0v) is 12.4. The third-order valence-electron chi connectivity index (χ3n) is 2.58. The molecule has 0 aliphatic carbocycles. The molecule has 1 rings (SSSR count). The van der Waals surface area contributed by atoms with E-state index in [0.29, 0.717) is 4.90 Å². The Labute approximate surface area is 133 Å². The van der Waals surface area contributed by atoms with Crippen molar-refractivity contribution in [3.05, 3.63) is 42.0 Å². The van der Waals surface area contributed by atoms with Crippen molar-refractivity contribution in [2.75, 3.05) is 20.3 Å². The summed E-state index contributed by atoms with van der Waals surface area (Å²) in [6.07, 6.45) is 3.40. The number of imide groups is 1. The van der Waals surface area contributed by atoms with E-state index in [0.717, 1.165) is 11.6 Å². The number of alkyl carbamates (subject to hydrolysis) is 1. The second kappa shape index (κ2) is 9.72. The van der Waals surface area contributed by atoms with Gasteiger partial charge in [0, 0.05) is 13.1 Å². The number of carbonyl (C=O) groups is 3. The second-order valence-electron chi connectivity index (χ2n) is 4.12. The highest BCUT2D eigenvalue weighted by atomic mass is 16.6. The number of amides is 4. The molecular formula is C15H16N3O5. The summed E-state index contributed by atoms with van der Waals surface area (Å²) in [5.74, 6) is -0.699. The zero-order chi connectivity index (χ0) is 17.1. The van der Waals surface area contributed by atoms with Crippen LogP contribution in [0, 0.1) is 0 Å². The van der Waals surface area contributed by atoms with Gasteiger partial charge in [-0.3, -0.25) is 14.5 Å². The molecule has 0 aliphatic heterocycles. The number of rotatable bonds is 6. The van der Waals surface area contributed by atoms with Crippen molar-refractivity contribution < 1.29 is 23.9 Å². The molecule has 4 amide bonds. The van der Waals surface area contributed by atoms with Crippen molar-refractivity contribution in [3.8, 4) is 0 Å². The SMILES string of the molecule is CNC(=O)OCNC(=O)N(C[C]=O)C(=O)/C=C/c1ccccc1. The van der Waals surface area contributed by atoms with Crippen LogP contribution in [-0.2, 0) is 14.3 Å². The summed E-state index contributed by atoms with van der Waals surface area (Å²) >= 11 is 0. The van der Waals surface area contributed by atoms with Crippen molar-refractivity contribution in [1.29, 1.82) is 0 Å². The summed E-state index contributed by atoms with van der Waals surface area (Å²) in [5, 5.41) is 4.37. The topological polar surface area (TPSA) is 105 Å². The number of urea groups is 1. The molecule has 0 fully saturated rings. The fourth-order valence-electron chi connectivity index (χ4n) is 1.47. The standard InChI is InChI=1S/C15H16N3O5/c1-16-15(22)23-11-17-14(21)18(9-10-19)13(20)8-7-12-5-3-2-4-6-12/h2-8H,9,11H2,1H3,(H,16,22)(H,17,21)/b8-7+. The van der Waals surface area contributed by atoms with Gasteiger partial charge in [0.05, 0.1) is 6.54 Å². The molecule has 0 aliphatic rings. The minimum atomic E-state index is -0.875. The number of hydrogen-bond donors (Lipinski definition) is 2. The van der Waals surface area contributed by atoms with Crippen LogP contribution in [0.1, 0.15) is 5.56 Å². The Morgan fingerprint density at radius 3 is 2.57 bits per heavy atom. The van der Waals surface area contributed by atoms with Crippen LogP contribution < -0.4 is 10.6 Å². The summed E-state index contributed by atoms with van der Waals surface area (Å²) < 4.78 is 4.56. The smallest absolute Gasteiger partial charge is 0.408 e. The molecular weight excluding hydrogens is 302 g/mol. The van der Waals surface area contributed by atoms with Crippen molar-refractivity contribution >= 4 is 30.4 Å². The maximum atomic E-state index is 12.0. The number of ether oxygens (including phenoxy) is 1. The maximum Gasteiger partial charge on any atom is 0.408 e. The molecule has 0 bridgehead atoms. The first kappa shape index (κ1) is 17.9. The van der Waals surface area contributed by atoms with E-state index >= 15 is 0 Å². The molecule has 1 aromatic rings. The lowest BCUT2D eigenvalue weighted by molar-refractivity contribution is -0.122. The van der Waals surface area contributed by atoms with Crippen LogP contribution in [0.2, 0.25) is 0 Å². The Morgan fingerprint density at radius 1 is 1.26 bits per heavy atom. The van der Waals surface area contributed by atoms with Crippen LogP contribution >= 0.6 is 0 Å². The zero-order valence-electron chi connectivity index (χ0n) is 12.4. The van der Waals surface area contributed by atoms with Gasteiger partial charge in [0.25, 0.3) is 5.91 Å². The molecule has 121 valence electrons. The van der Waals surface area contributed by atoms with Gasteiger partial charge in [0.1, 0.15) is 0 Å². The van der Waals surface area contributed by atoms with Gasteiger partial charge in [-0.05, 0) is 11.6 Å². The quantitative estimate of drug-likeness (QED) is 0.592. The molecule has 1 aromatic carbocycles. The third-order valence-corrected chi connectivity index (χ3v) is 2.58. The number of carbonyl (C=O) groups excluding carboxylic acids is 4. The van der Waals surface area contributed by atoms with Crippen LogP contribution in [0.4, 0.5) is 9.59 Å². The average Bonchev–Trinajstić information content (AvgIpc) is 2.58. The van der Waals surface area contributed by atoms with Crippen LogP contribution in [0.15, 0.2) is 36.4 Å². The molecule has 0 saturated carbocycles. The molecule has 0 atom stereocenters. The lowest BCUT2D eigenvalue weighted by Crippen LogP contribution is -2.45. The Kier molecular flexibility index (Phi) is 7.56. The molecule has 0 unspecified atom stereocenters. The highest BCUT2D eigenvalue weighted by Crippen LogP contribution is 2.02. The Bertz CT molecular complexity index is 586. The summed E-state index contributed by atoms with van der Waals surface area (Å²) in [6.45, 7) is -0.979. The van der Waals surface area contributed by atoms with Crippen molar-refractivity contribution in [2.45, 2.75) is 0 Å². The minimum absolute atomic E-state index is 0.441. The van der Waals surface area contributed by atoms with Gasteiger partial charge < -0.3 is 15.4 Å². The molecule has 0 saturated heterocycles. The van der Waals surface area contributed by atoms with E-state index in [9.17, 15) is 19.2 Å². The van der Waals surface area contributed by atoms with Crippen molar-refractivity contribution in [1.82, 2.24) is 15.5 Å². The molecule has 8 nitrogen and oxygen atoms in total. The predicted molar refractivity (Wildman–Crippen MR) is 81.8 cm³/mol. The Morgan fingerprint density at radius 2 is 1.96 bits per heavy atom. The van der Waals surface area contributed by atoms with Crippen LogP contribution in [0.5, 0.6) is 0 Å². The third kappa shape index (κ3) is 6.42. The van der Waals surface area contributed by atoms with Gasteiger partial charge >= 0.3 is 12.1 Å². The number of benzene rings is 1. The van der Waals surface area contributed by atoms with Crippen molar-refractivity contribution in [2.24, 2.45) is 0 Å². The molecule has 0 aromatic heterocycles. The van der Waals surface area contributed by atoms with Crippen LogP contribution in [-0.4, -0.2) is 49.5 Å². The second-order valence-corrected chi connectivity index (χ2v) is 4.12. The lowest BCUT2D eigenvalue weighted by atomic mass is 10.2. The average molecular weight is 318 g/mol. The first-order valence-electron chi connectivity index (χ1n) is 6.60. The first-order valence-corrected chi connectivity index (χ1v) is 6.60. The monoisotopic (exact) mass is 318 g/mol. The molecule has 1 radical (unpaired) electrons. The highest BCUT2D eigenvalue weighted by Gasteiger charge is 2.19. The maximum absolute atomic E-state index is 12.0. The van der Waals surface area contributed by atoms with Crippen LogP contribution in [0.25, 0.3) is 6.08 Å². The van der Waals surface area contributed by atoms with E-state index < -0.39 is 31.3 Å². The van der Waals surface area contributed by atoms with Gasteiger partial charge in [0.2, 0.25) is 6.29 Å². The van der Waals surface area contributed by atoms with E-state index in [1.165, 1.54) is 19.4 Å². The summed E-state index contributed by atoms with van der Waals surface area (Å²) in [5.41, 5.74) is 0.763. The lowest BCUT2D eigenvalue weighted by Gasteiger charge is -2.16. The molecule has 2 N–H and O–H groups in total. The Balaban J connectivity index is 2.63. The van der Waals surface area contributed by atoms with E-state index in [-0.39, 0.29) is 0 Å². The molecule has 0 spiro atoms. The van der Waals surface area contributed by atoms with Gasteiger partial charge in [-0.2, -0.15) is 0 Å². The normalized spacial score (nSPS) is 9.96. The van der Waals surface area contributed by atoms with E-state index in [1.807, 2.05) is 6.07 Å². The van der Waals surface area contributed by atoms with Gasteiger partial charge in [-0.15, -0.1) is 0 Å². The number of nitrogens with one attached hydrogen (secondary N) is 2. The summed E-state index contributed by atoms with van der Waals surface area (Å²) in [4.78, 5) is 45.8. The van der Waals surface area contributed by atoms with E-state index in [2.05, 4.69) is 15.4 Å². The summed E-state index contributed by atoms with van der Waals surface area (Å²) in [6, 6.07) is 8.09. The molecule has 0 heterocycles. The van der Waals surface area contributed by atoms with E-state index in [1.54, 1.807) is 24.3 Å². The predicted octanol–water partition coefficient (Wildman–Crippen LogP) is 0.661. The Hall–Kier alpha value is -3.16. The number of hydrogen-bond acceptors (Lipinski definition) is 5. The molecule has 8 heteroatoms. The fourth-order valence-corrected chi connectivity index (χ4v) is 1.47. The van der Waals surface area contributed by atoms with Crippen molar-refractivity contribution in [3.63, 3.8) is 0 Å². The highest BCUT2D eigenvalue weighted by molar-refractivity contribution is 6.03. The number of nitrogens with zero attached hydrogens (tertiary/aromatic N) is 1. The fraction of sp³-hybridized carbons (Fsp3) is 0.200. The summed E-state index contributed by atoms with van der Waals surface area (Å²) in [7, 11) is 1.36. The van der Waals surface area contributed by atoms with Gasteiger partial charge in [-0.25, -0.2) is 9.59 Å². The minimum Gasteiger partial charge on any atom is -0.428 e. The van der Waals surface area contributed by atoms with Gasteiger partial charge in [-0.1, -0.05) is 30.3 Å². The van der Waals surface area contributed by atoms with Crippen LogP contribution in [0.3, 0.4) is 0 Å².